The van der Waals surface area contributed by atoms with Crippen LogP contribution in [0.5, 0.6) is 0 Å². The monoisotopic (exact) mass is 190 g/mol. The normalized spacial score (nSPS) is 27.1. The molecule has 1 aliphatic carbocycles. The van der Waals surface area contributed by atoms with Crippen LogP contribution in [-0.2, 0) is 0 Å². The molecule has 0 amide bonds. The number of nitrogens with zero attached hydrogens (tertiary/aromatic N) is 3. The Balaban J connectivity index is 2.13. The van der Waals surface area contributed by atoms with Crippen molar-refractivity contribution in [3.63, 3.8) is 0 Å². The molecular weight excluding hydrogens is 176 g/mol. The summed E-state index contributed by atoms with van der Waals surface area (Å²) in [4.78, 5) is 0. The zero-order chi connectivity index (χ0) is 9.97. The SMILES string of the molecule is N#Cc1ccnn1C1CCC(N)CC1. The van der Waals surface area contributed by atoms with Crippen LogP contribution in [0.25, 0.3) is 0 Å². The van der Waals surface area contributed by atoms with Crippen LogP contribution in [0.4, 0.5) is 0 Å². The average molecular weight is 190 g/mol. The zero-order valence-corrected chi connectivity index (χ0v) is 8.06. The van der Waals surface area contributed by atoms with Crippen molar-refractivity contribution in [2.75, 3.05) is 0 Å². The molecule has 1 fully saturated rings. The van der Waals surface area contributed by atoms with E-state index in [2.05, 4.69) is 11.2 Å². The fraction of sp³-hybridized carbons (Fsp3) is 0.600. The first-order valence-corrected chi connectivity index (χ1v) is 5.00. The summed E-state index contributed by atoms with van der Waals surface area (Å²) in [7, 11) is 0. The fourth-order valence-corrected chi connectivity index (χ4v) is 2.04. The van der Waals surface area contributed by atoms with Crippen molar-refractivity contribution in [1.29, 1.82) is 5.26 Å². The molecule has 1 aromatic rings. The molecule has 0 spiro atoms. The minimum atomic E-state index is 0.340. The third kappa shape index (κ3) is 1.64. The highest BCUT2D eigenvalue weighted by Crippen LogP contribution is 2.27. The number of rotatable bonds is 1. The minimum Gasteiger partial charge on any atom is -0.328 e. The molecule has 0 unspecified atom stereocenters. The first-order chi connectivity index (χ1) is 6.81. The van der Waals surface area contributed by atoms with Gasteiger partial charge in [-0.15, -0.1) is 0 Å². The molecule has 2 N–H and O–H groups in total. The third-order valence-corrected chi connectivity index (χ3v) is 2.87. The lowest BCUT2D eigenvalue weighted by Crippen LogP contribution is -2.28. The summed E-state index contributed by atoms with van der Waals surface area (Å²) in [5, 5.41) is 13.0. The van der Waals surface area contributed by atoms with E-state index in [4.69, 9.17) is 11.0 Å². The molecule has 0 aromatic carbocycles. The van der Waals surface area contributed by atoms with Gasteiger partial charge in [0, 0.05) is 6.04 Å². The molecule has 14 heavy (non-hydrogen) atoms. The van der Waals surface area contributed by atoms with E-state index in [0.717, 1.165) is 25.7 Å². The first kappa shape index (κ1) is 9.22. The van der Waals surface area contributed by atoms with Crippen molar-refractivity contribution in [2.24, 2.45) is 5.73 Å². The largest absolute Gasteiger partial charge is 0.328 e. The average Bonchev–Trinajstić information content (AvgIpc) is 2.67. The van der Waals surface area contributed by atoms with Gasteiger partial charge in [0.1, 0.15) is 11.8 Å². The second kappa shape index (κ2) is 3.81. The van der Waals surface area contributed by atoms with Gasteiger partial charge in [0.05, 0.1) is 12.2 Å². The first-order valence-electron chi connectivity index (χ1n) is 5.00. The van der Waals surface area contributed by atoms with Crippen LogP contribution in [0.2, 0.25) is 0 Å². The molecule has 4 heteroatoms. The maximum Gasteiger partial charge on any atom is 0.138 e. The Labute approximate surface area is 83.3 Å². The predicted molar refractivity (Wildman–Crippen MR) is 52.4 cm³/mol. The highest BCUT2D eigenvalue weighted by Gasteiger charge is 2.21. The summed E-state index contributed by atoms with van der Waals surface area (Å²) in [6.07, 6.45) is 5.84. The lowest BCUT2D eigenvalue weighted by Gasteiger charge is -2.26. The number of hydrogen-bond donors (Lipinski definition) is 1. The fourth-order valence-electron chi connectivity index (χ4n) is 2.04. The molecule has 1 aromatic heterocycles. The number of nitrogens with two attached hydrogens (primary N) is 1. The van der Waals surface area contributed by atoms with E-state index >= 15 is 0 Å². The van der Waals surface area contributed by atoms with Crippen molar-refractivity contribution in [2.45, 2.75) is 37.8 Å². The van der Waals surface area contributed by atoms with Crippen LogP contribution < -0.4 is 5.73 Å². The highest BCUT2D eigenvalue weighted by molar-refractivity contribution is 5.19. The van der Waals surface area contributed by atoms with E-state index in [-0.39, 0.29) is 0 Å². The molecule has 1 heterocycles. The van der Waals surface area contributed by atoms with E-state index in [1.807, 2.05) is 4.68 Å². The molecule has 1 saturated carbocycles. The Kier molecular flexibility index (Phi) is 2.51. The molecule has 0 radical (unpaired) electrons. The molecule has 74 valence electrons. The van der Waals surface area contributed by atoms with Crippen LogP contribution >= 0.6 is 0 Å². The summed E-state index contributed by atoms with van der Waals surface area (Å²) >= 11 is 0. The van der Waals surface area contributed by atoms with Gasteiger partial charge < -0.3 is 5.73 Å². The van der Waals surface area contributed by atoms with Gasteiger partial charge in [0.2, 0.25) is 0 Å². The summed E-state index contributed by atoms with van der Waals surface area (Å²) < 4.78 is 1.84. The molecular formula is C10H14N4. The lowest BCUT2D eigenvalue weighted by molar-refractivity contribution is 0.303. The molecule has 0 atom stereocenters. The van der Waals surface area contributed by atoms with Crippen LogP contribution in [0.15, 0.2) is 12.3 Å². The highest BCUT2D eigenvalue weighted by atomic mass is 15.3. The van der Waals surface area contributed by atoms with Crippen LogP contribution in [0.3, 0.4) is 0 Å². The van der Waals surface area contributed by atoms with Crippen molar-refractivity contribution in [3.8, 4) is 6.07 Å². The lowest BCUT2D eigenvalue weighted by atomic mass is 9.92. The van der Waals surface area contributed by atoms with Gasteiger partial charge in [-0.25, -0.2) is 0 Å². The van der Waals surface area contributed by atoms with E-state index in [0.29, 0.717) is 17.8 Å². The van der Waals surface area contributed by atoms with Crippen LogP contribution in [0.1, 0.15) is 37.4 Å². The Bertz CT molecular complexity index is 341. The van der Waals surface area contributed by atoms with Crippen LogP contribution in [-0.4, -0.2) is 15.8 Å². The topological polar surface area (TPSA) is 67.6 Å². The van der Waals surface area contributed by atoms with Crippen molar-refractivity contribution in [3.05, 3.63) is 18.0 Å². The van der Waals surface area contributed by atoms with Crippen molar-refractivity contribution < 1.29 is 0 Å². The Morgan fingerprint density at radius 3 is 2.79 bits per heavy atom. The van der Waals surface area contributed by atoms with E-state index in [9.17, 15) is 0 Å². The quantitative estimate of drug-likeness (QED) is 0.723. The molecule has 4 nitrogen and oxygen atoms in total. The van der Waals surface area contributed by atoms with E-state index < -0.39 is 0 Å². The van der Waals surface area contributed by atoms with E-state index in [1.165, 1.54) is 0 Å². The van der Waals surface area contributed by atoms with Gasteiger partial charge in [0.15, 0.2) is 0 Å². The number of nitriles is 1. The third-order valence-electron chi connectivity index (χ3n) is 2.87. The molecule has 1 aliphatic rings. The van der Waals surface area contributed by atoms with Gasteiger partial charge in [-0.05, 0) is 31.7 Å². The summed E-state index contributed by atoms with van der Waals surface area (Å²) in [5.41, 5.74) is 6.48. The maximum absolute atomic E-state index is 8.85. The van der Waals surface area contributed by atoms with Crippen LogP contribution in [0, 0.1) is 11.3 Å². The smallest absolute Gasteiger partial charge is 0.138 e. The van der Waals surface area contributed by atoms with Gasteiger partial charge in [0.25, 0.3) is 0 Å². The number of hydrogen-bond acceptors (Lipinski definition) is 3. The Morgan fingerprint density at radius 2 is 2.14 bits per heavy atom. The van der Waals surface area contributed by atoms with E-state index in [1.54, 1.807) is 12.3 Å². The summed E-state index contributed by atoms with van der Waals surface area (Å²) in [5.74, 6) is 0. The Hall–Kier alpha value is -1.34. The van der Waals surface area contributed by atoms with Gasteiger partial charge in [-0.2, -0.15) is 10.4 Å². The van der Waals surface area contributed by atoms with Gasteiger partial charge in [-0.3, -0.25) is 4.68 Å². The summed E-state index contributed by atoms with van der Waals surface area (Å²) in [6.45, 7) is 0. The second-order valence-electron chi connectivity index (χ2n) is 3.84. The molecule has 2 rings (SSSR count). The summed E-state index contributed by atoms with van der Waals surface area (Å²) in [6, 6.07) is 4.63. The maximum atomic E-state index is 8.85. The number of aromatic nitrogens is 2. The molecule has 0 aliphatic heterocycles. The molecule has 0 bridgehead atoms. The second-order valence-corrected chi connectivity index (χ2v) is 3.84. The zero-order valence-electron chi connectivity index (χ0n) is 8.06. The van der Waals surface area contributed by atoms with Gasteiger partial charge in [-0.1, -0.05) is 0 Å². The van der Waals surface area contributed by atoms with Crippen molar-refractivity contribution in [1.82, 2.24) is 9.78 Å². The van der Waals surface area contributed by atoms with Gasteiger partial charge >= 0.3 is 0 Å². The molecule has 0 saturated heterocycles. The minimum absolute atomic E-state index is 0.340. The standard InChI is InChI=1S/C10H14N4/c11-7-10-5-6-13-14(10)9-3-1-8(12)2-4-9/h5-6,8-9H,1-4,12H2. The van der Waals surface area contributed by atoms with Crippen molar-refractivity contribution >= 4 is 0 Å². The predicted octanol–water partition coefficient (Wildman–Crippen LogP) is 1.20. The Morgan fingerprint density at radius 1 is 1.43 bits per heavy atom.